The molecule has 10 heteroatoms. The maximum Gasteiger partial charge on any atom is 0.404 e. The molecule has 3 N–H and O–H groups in total. The van der Waals surface area contributed by atoms with E-state index in [2.05, 4.69) is 27.5 Å². The van der Waals surface area contributed by atoms with E-state index in [1.54, 1.807) is 24.7 Å². The van der Waals surface area contributed by atoms with Crippen molar-refractivity contribution in [3.05, 3.63) is 59.8 Å². The predicted molar refractivity (Wildman–Crippen MR) is 141 cm³/mol. The molecule has 2 aliphatic rings. The fourth-order valence-electron chi connectivity index (χ4n) is 5.90. The first-order valence-corrected chi connectivity index (χ1v) is 13.0. The van der Waals surface area contributed by atoms with Gasteiger partial charge in [-0.3, -0.25) is 14.8 Å². The molecule has 5 rings (SSSR count). The van der Waals surface area contributed by atoms with Gasteiger partial charge in [-0.2, -0.15) is 0 Å². The molecule has 4 atom stereocenters. The van der Waals surface area contributed by atoms with E-state index >= 15 is 0 Å². The van der Waals surface area contributed by atoms with Crippen LogP contribution in [0.25, 0.3) is 10.9 Å². The number of nitrogens with one attached hydrogen (secondary N) is 2. The molecule has 38 heavy (non-hydrogen) atoms. The quantitative estimate of drug-likeness (QED) is 0.408. The zero-order valence-electron chi connectivity index (χ0n) is 21.2. The second kappa shape index (κ2) is 10.9. The standard InChI is InChI=1S/C28H31F2N5O3/c1-16-9-17(11-19(10-16)33-28(37)38)21-6-7-31-14-25(21)34-27(36)22-4-5-24(30)23-12-20(13-32-26(22)23)35-8-2-3-18(29)15-35/h4-7,12-14,16-19,33H,2-3,8-11,15H2,1H3,(H,34,36)(H,37,38)/t16-,17+,18+,19-/m0/s1. The smallest absolute Gasteiger partial charge is 0.404 e. The van der Waals surface area contributed by atoms with Crippen molar-refractivity contribution in [1.29, 1.82) is 0 Å². The van der Waals surface area contributed by atoms with E-state index in [0.29, 0.717) is 43.1 Å². The lowest BCUT2D eigenvalue weighted by Gasteiger charge is -2.34. The van der Waals surface area contributed by atoms with Crippen molar-refractivity contribution in [1.82, 2.24) is 15.3 Å². The van der Waals surface area contributed by atoms with Gasteiger partial charge in [0.1, 0.15) is 12.0 Å². The number of pyridine rings is 2. The van der Waals surface area contributed by atoms with Crippen LogP contribution in [-0.2, 0) is 0 Å². The second-order valence-corrected chi connectivity index (χ2v) is 10.4. The number of benzene rings is 1. The van der Waals surface area contributed by atoms with E-state index in [4.69, 9.17) is 0 Å². The second-order valence-electron chi connectivity index (χ2n) is 10.4. The van der Waals surface area contributed by atoms with Crippen LogP contribution in [-0.4, -0.2) is 52.4 Å². The summed E-state index contributed by atoms with van der Waals surface area (Å²) < 4.78 is 28.8. The number of hydrogen-bond donors (Lipinski definition) is 3. The van der Waals surface area contributed by atoms with E-state index in [9.17, 15) is 23.5 Å². The molecule has 0 spiro atoms. The highest BCUT2D eigenvalue weighted by atomic mass is 19.1. The van der Waals surface area contributed by atoms with Crippen LogP contribution >= 0.6 is 0 Å². The van der Waals surface area contributed by atoms with E-state index in [1.165, 1.54) is 12.1 Å². The first-order chi connectivity index (χ1) is 18.3. The Hall–Kier alpha value is -3.82. The minimum absolute atomic E-state index is 0.0309. The number of carbonyl (C=O) groups excluding carboxylic acids is 1. The minimum Gasteiger partial charge on any atom is -0.465 e. The summed E-state index contributed by atoms with van der Waals surface area (Å²) in [6.07, 6.45) is 6.27. The van der Waals surface area contributed by atoms with Crippen molar-refractivity contribution in [2.75, 3.05) is 23.3 Å². The van der Waals surface area contributed by atoms with E-state index < -0.39 is 24.0 Å². The van der Waals surface area contributed by atoms with E-state index in [-0.39, 0.29) is 35.0 Å². The zero-order valence-corrected chi connectivity index (χ0v) is 21.2. The summed E-state index contributed by atoms with van der Waals surface area (Å²) in [5, 5.41) is 14.9. The molecule has 0 radical (unpaired) electrons. The summed E-state index contributed by atoms with van der Waals surface area (Å²) in [6, 6.07) is 5.95. The van der Waals surface area contributed by atoms with Gasteiger partial charge in [0, 0.05) is 30.7 Å². The third-order valence-corrected chi connectivity index (χ3v) is 7.57. The third kappa shape index (κ3) is 5.54. The molecule has 200 valence electrons. The number of anilines is 2. The zero-order chi connectivity index (χ0) is 26.8. The lowest BCUT2D eigenvalue weighted by atomic mass is 9.76. The van der Waals surface area contributed by atoms with Crippen molar-refractivity contribution < 1.29 is 23.5 Å². The number of alkyl halides is 1. The van der Waals surface area contributed by atoms with Gasteiger partial charge in [-0.1, -0.05) is 6.92 Å². The molecule has 8 nitrogen and oxygen atoms in total. The van der Waals surface area contributed by atoms with Gasteiger partial charge in [-0.25, -0.2) is 13.6 Å². The molecule has 3 aromatic rings. The van der Waals surface area contributed by atoms with Gasteiger partial charge in [0.15, 0.2) is 0 Å². The SMILES string of the molecule is C[C@@H]1C[C@H](NC(=O)O)C[C@H](c2ccncc2NC(=O)c2ccc(F)c3cc(N4CCC[C@@H](F)C4)cnc23)C1. The van der Waals surface area contributed by atoms with Crippen molar-refractivity contribution >= 4 is 34.3 Å². The van der Waals surface area contributed by atoms with Gasteiger partial charge in [0.25, 0.3) is 5.91 Å². The molecular formula is C28H31F2N5O3. The molecule has 0 unspecified atom stereocenters. The Labute approximate surface area is 219 Å². The summed E-state index contributed by atoms with van der Waals surface area (Å²) in [5.74, 6) is -0.622. The molecular weight excluding hydrogens is 492 g/mol. The number of amides is 2. The highest BCUT2D eigenvalue weighted by Crippen LogP contribution is 2.39. The highest BCUT2D eigenvalue weighted by Gasteiger charge is 2.30. The van der Waals surface area contributed by atoms with Crippen LogP contribution in [0.4, 0.5) is 25.0 Å². The van der Waals surface area contributed by atoms with Gasteiger partial charge in [0.2, 0.25) is 0 Å². The van der Waals surface area contributed by atoms with E-state index in [0.717, 1.165) is 18.4 Å². The molecule has 3 heterocycles. The Bertz CT molecular complexity index is 1350. The van der Waals surface area contributed by atoms with E-state index in [1.807, 2.05) is 11.0 Å². The maximum atomic E-state index is 14.8. The molecule has 1 aliphatic heterocycles. The summed E-state index contributed by atoms with van der Waals surface area (Å²) in [4.78, 5) is 35.1. The number of hydrogen-bond acceptors (Lipinski definition) is 5. The number of piperidine rings is 1. The number of nitrogens with zero attached hydrogens (tertiary/aromatic N) is 3. The summed E-state index contributed by atoms with van der Waals surface area (Å²) in [6.45, 7) is 2.99. The number of halogens is 2. The van der Waals surface area contributed by atoms with Crippen LogP contribution in [0.1, 0.15) is 60.9 Å². The maximum absolute atomic E-state index is 14.8. The van der Waals surface area contributed by atoms with Crippen LogP contribution in [0.15, 0.2) is 42.9 Å². The van der Waals surface area contributed by atoms with Crippen molar-refractivity contribution in [3.8, 4) is 0 Å². The van der Waals surface area contributed by atoms with Crippen LogP contribution in [0.3, 0.4) is 0 Å². The van der Waals surface area contributed by atoms with Gasteiger partial charge >= 0.3 is 6.09 Å². The number of carboxylic acid groups (broad SMARTS) is 1. The van der Waals surface area contributed by atoms with Gasteiger partial charge in [-0.15, -0.1) is 0 Å². The molecule has 1 saturated heterocycles. The largest absolute Gasteiger partial charge is 0.465 e. The van der Waals surface area contributed by atoms with Crippen LogP contribution in [0.2, 0.25) is 0 Å². The Balaban J connectivity index is 1.41. The van der Waals surface area contributed by atoms with Crippen LogP contribution < -0.4 is 15.5 Å². The van der Waals surface area contributed by atoms with Gasteiger partial charge < -0.3 is 20.6 Å². The van der Waals surface area contributed by atoms with Crippen LogP contribution in [0.5, 0.6) is 0 Å². The summed E-state index contributed by atoms with van der Waals surface area (Å²) >= 11 is 0. The first kappa shape index (κ1) is 25.8. The molecule has 2 aromatic heterocycles. The Morgan fingerprint density at radius 3 is 2.79 bits per heavy atom. The first-order valence-electron chi connectivity index (χ1n) is 13.0. The number of rotatable bonds is 5. The third-order valence-electron chi connectivity index (χ3n) is 7.57. The molecule has 1 saturated carbocycles. The topological polar surface area (TPSA) is 107 Å². The van der Waals surface area contributed by atoms with Crippen LogP contribution in [0, 0.1) is 11.7 Å². The molecule has 2 fully saturated rings. The Kier molecular flexibility index (Phi) is 7.40. The average Bonchev–Trinajstić information content (AvgIpc) is 2.88. The van der Waals surface area contributed by atoms with Gasteiger partial charge in [-0.05, 0) is 73.8 Å². The lowest BCUT2D eigenvalue weighted by molar-refractivity contribution is 0.102. The molecule has 1 aromatic carbocycles. The molecule has 0 bridgehead atoms. The Morgan fingerprint density at radius 2 is 2.00 bits per heavy atom. The minimum atomic E-state index is -1.05. The number of fused-ring (bicyclic) bond motifs is 1. The number of aromatic nitrogens is 2. The van der Waals surface area contributed by atoms with Crippen molar-refractivity contribution in [2.45, 2.75) is 57.2 Å². The Morgan fingerprint density at radius 1 is 1.16 bits per heavy atom. The number of carbonyl (C=O) groups is 2. The lowest BCUT2D eigenvalue weighted by Crippen LogP contribution is -2.39. The van der Waals surface area contributed by atoms with Crippen molar-refractivity contribution in [3.63, 3.8) is 0 Å². The highest BCUT2D eigenvalue weighted by molar-refractivity contribution is 6.12. The fourth-order valence-corrected chi connectivity index (χ4v) is 5.90. The normalized spacial score (nSPS) is 23.7. The van der Waals surface area contributed by atoms with Crippen molar-refractivity contribution in [2.24, 2.45) is 5.92 Å². The monoisotopic (exact) mass is 523 g/mol. The summed E-state index contributed by atoms with van der Waals surface area (Å²) in [7, 11) is 0. The fraction of sp³-hybridized carbons (Fsp3) is 0.429. The van der Waals surface area contributed by atoms with Gasteiger partial charge in [0.05, 0.1) is 34.8 Å². The predicted octanol–water partition coefficient (Wildman–Crippen LogP) is 5.50. The average molecular weight is 524 g/mol. The summed E-state index contributed by atoms with van der Waals surface area (Å²) in [5.41, 5.74) is 2.48. The molecule has 1 aliphatic carbocycles. The molecule has 2 amide bonds.